The largest absolute Gasteiger partial charge is 0.550 e. The summed E-state index contributed by atoms with van der Waals surface area (Å²) in [5.74, 6) is 0.438. The summed E-state index contributed by atoms with van der Waals surface area (Å²) in [5, 5.41) is 14.3. The number of carboxylic acids is 1. The van der Waals surface area contributed by atoms with Crippen LogP contribution in [0.2, 0.25) is 0 Å². The monoisotopic (exact) mass is 427 g/mol. The molecule has 0 bridgehead atoms. The third kappa shape index (κ3) is 5.46. The second kappa shape index (κ2) is 10.2. The van der Waals surface area contributed by atoms with Crippen molar-refractivity contribution >= 4 is 17.6 Å². The molecule has 3 rings (SSSR count). The zero-order valence-electron chi connectivity index (χ0n) is 18.0. The van der Waals surface area contributed by atoms with Crippen molar-refractivity contribution in [1.29, 1.82) is 0 Å². The molecule has 0 spiro atoms. The van der Waals surface area contributed by atoms with Crippen LogP contribution in [0.25, 0.3) is 0 Å². The van der Waals surface area contributed by atoms with Gasteiger partial charge in [0.2, 0.25) is 5.91 Å². The quantitative estimate of drug-likeness (QED) is 0.651. The molecule has 0 saturated heterocycles. The maximum atomic E-state index is 12.7. The minimum Gasteiger partial charge on any atom is -0.550 e. The number of anilines is 1. The van der Waals surface area contributed by atoms with E-state index in [4.69, 9.17) is 14.2 Å². The van der Waals surface area contributed by atoms with E-state index in [1.165, 1.54) is 7.11 Å². The molecule has 1 unspecified atom stereocenters. The van der Waals surface area contributed by atoms with E-state index in [9.17, 15) is 14.7 Å². The molecular weight excluding hydrogens is 400 g/mol. The number of ether oxygens (including phenoxy) is 3. The van der Waals surface area contributed by atoms with Gasteiger partial charge in [-0.25, -0.2) is 0 Å². The van der Waals surface area contributed by atoms with Crippen LogP contribution >= 0.6 is 0 Å². The fraction of sp³-hybridized carbons (Fsp3) is 0.391. The number of carboxylic acid groups (broad SMARTS) is 1. The average Bonchev–Trinajstić information content (AvgIpc) is 2.75. The van der Waals surface area contributed by atoms with Crippen LogP contribution in [0, 0.1) is 0 Å². The number of aliphatic carboxylic acids is 1. The van der Waals surface area contributed by atoms with Gasteiger partial charge in [-0.2, -0.15) is 0 Å². The van der Waals surface area contributed by atoms with Crippen LogP contribution in [-0.2, 0) is 16.0 Å². The summed E-state index contributed by atoms with van der Waals surface area (Å²) in [5.41, 5.74) is 2.43. The number of methoxy groups -OCH3 is 2. The maximum Gasteiger partial charge on any atom is 0.238 e. The summed E-state index contributed by atoms with van der Waals surface area (Å²) >= 11 is 0. The molecular formula is C23H27N2O6-. The van der Waals surface area contributed by atoms with Crippen LogP contribution in [0.5, 0.6) is 17.2 Å². The van der Waals surface area contributed by atoms with Gasteiger partial charge in [-0.15, -0.1) is 0 Å². The predicted molar refractivity (Wildman–Crippen MR) is 113 cm³/mol. The molecule has 0 aliphatic carbocycles. The van der Waals surface area contributed by atoms with E-state index in [-0.39, 0.29) is 18.9 Å². The topological polar surface area (TPSA) is 100 Å². The van der Waals surface area contributed by atoms with Crippen LogP contribution in [0.1, 0.15) is 30.5 Å². The number of fused-ring (bicyclic) bond motifs is 1. The minimum absolute atomic E-state index is 0.0545. The van der Waals surface area contributed by atoms with Crippen LogP contribution in [0.3, 0.4) is 0 Å². The molecule has 0 aromatic heterocycles. The van der Waals surface area contributed by atoms with E-state index in [2.05, 4.69) is 5.32 Å². The molecule has 0 fully saturated rings. The highest BCUT2D eigenvalue weighted by molar-refractivity contribution is 5.92. The van der Waals surface area contributed by atoms with Gasteiger partial charge in [0.05, 0.1) is 27.4 Å². The van der Waals surface area contributed by atoms with Gasteiger partial charge >= 0.3 is 0 Å². The molecule has 1 aliphatic rings. The van der Waals surface area contributed by atoms with Crippen molar-refractivity contribution in [1.82, 2.24) is 4.90 Å². The molecule has 1 atom stereocenters. The molecule has 1 aliphatic heterocycles. The Hall–Kier alpha value is -3.26. The number of hydrogen-bond donors (Lipinski definition) is 1. The highest BCUT2D eigenvalue weighted by atomic mass is 16.5. The van der Waals surface area contributed by atoms with Gasteiger partial charge in [0.15, 0.2) is 11.5 Å². The van der Waals surface area contributed by atoms with Crippen molar-refractivity contribution in [3.63, 3.8) is 0 Å². The lowest BCUT2D eigenvalue weighted by Crippen LogP contribution is -2.43. The summed E-state index contributed by atoms with van der Waals surface area (Å²) in [7, 11) is 3.09. The van der Waals surface area contributed by atoms with Crippen molar-refractivity contribution in [3.05, 3.63) is 47.5 Å². The van der Waals surface area contributed by atoms with E-state index in [0.717, 1.165) is 16.9 Å². The Balaban J connectivity index is 1.77. The van der Waals surface area contributed by atoms with E-state index in [1.807, 2.05) is 17.9 Å². The van der Waals surface area contributed by atoms with Gasteiger partial charge in [-0.3, -0.25) is 9.69 Å². The fourth-order valence-electron chi connectivity index (χ4n) is 3.85. The molecule has 31 heavy (non-hydrogen) atoms. The number of rotatable bonds is 9. The van der Waals surface area contributed by atoms with Crippen molar-refractivity contribution < 1.29 is 28.9 Å². The Morgan fingerprint density at radius 2 is 1.81 bits per heavy atom. The van der Waals surface area contributed by atoms with Gasteiger partial charge in [-0.05, 0) is 60.9 Å². The standard InChI is InChI=1S/C23H28N2O6/c1-4-31-17-7-5-16(6-8-17)24-22(26)14-25-10-9-15-11-20(29-2)21(30-3)12-18(15)19(25)13-23(27)28/h5-8,11-12,19H,4,9-10,13-14H2,1-3H3,(H,24,26)(H,27,28)/p-1. The van der Waals surface area contributed by atoms with Crippen LogP contribution in [0.15, 0.2) is 36.4 Å². The van der Waals surface area contributed by atoms with Crippen molar-refractivity contribution in [2.45, 2.75) is 25.8 Å². The summed E-state index contributed by atoms with van der Waals surface area (Å²) in [6.07, 6.45) is 0.439. The average molecular weight is 427 g/mol. The highest BCUT2D eigenvalue weighted by Crippen LogP contribution is 2.39. The first kappa shape index (κ1) is 22.4. The summed E-state index contributed by atoms with van der Waals surface area (Å²) in [6.45, 7) is 3.07. The molecule has 1 heterocycles. The Kier molecular flexibility index (Phi) is 7.36. The Morgan fingerprint density at radius 1 is 1.13 bits per heavy atom. The van der Waals surface area contributed by atoms with E-state index >= 15 is 0 Å². The number of carbonyl (C=O) groups excluding carboxylic acids is 2. The molecule has 8 nitrogen and oxygen atoms in total. The first-order valence-electron chi connectivity index (χ1n) is 10.2. The summed E-state index contributed by atoms with van der Waals surface area (Å²) < 4.78 is 16.1. The Morgan fingerprint density at radius 3 is 2.42 bits per heavy atom. The molecule has 1 N–H and O–H groups in total. The normalized spacial score (nSPS) is 15.6. The molecule has 2 aromatic rings. The van der Waals surface area contributed by atoms with E-state index < -0.39 is 12.0 Å². The predicted octanol–water partition coefficient (Wildman–Crippen LogP) is 1.78. The molecule has 0 radical (unpaired) electrons. The van der Waals surface area contributed by atoms with Crippen molar-refractivity contribution in [3.8, 4) is 17.2 Å². The summed E-state index contributed by atoms with van der Waals surface area (Å²) in [6, 6.07) is 10.3. The number of benzene rings is 2. The van der Waals surface area contributed by atoms with Crippen molar-refractivity contribution in [2.75, 3.05) is 39.2 Å². The SMILES string of the molecule is CCOc1ccc(NC(=O)CN2CCc3cc(OC)c(OC)cc3C2CC(=O)[O-])cc1. The molecule has 2 aromatic carbocycles. The van der Waals surface area contributed by atoms with Crippen LogP contribution in [-0.4, -0.2) is 50.7 Å². The molecule has 0 saturated carbocycles. The zero-order valence-corrected chi connectivity index (χ0v) is 18.0. The molecule has 8 heteroatoms. The van der Waals surface area contributed by atoms with Crippen LogP contribution < -0.4 is 24.6 Å². The lowest BCUT2D eigenvalue weighted by molar-refractivity contribution is -0.307. The highest BCUT2D eigenvalue weighted by Gasteiger charge is 2.30. The smallest absolute Gasteiger partial charge is 0.238 e. The number of carbonyl (C=O) groups is 2. The second-order valence-corrected chi connectivity index (χ2v) is 7.22. The van der Waals surface area contributed by atoms with Gasteiger partial charge in [0.1, 0.15) is 5.75 Å². The van der Waals surface area contributed by atoms with Gasteiger partial charge in [0, 0.05) is 30.7 Å². The third-order valence-corrected chi connectivity index (χ3v) is 5.27. The molecule has 166 valence electrons. The number of nitrogens with one attached hydrogen (secondary N) is 1. The number of amides is 1. The number of hydrogen-bond acceptors (Lipinski definition) is 7. The van der Waals surface area contributed by atoms with Gasteiger partial charge in [0.25, 0.3) is 0 Å². The second-order valence-electron chi connectivity index (χ2n) is 7.22. The first-order chi connectivity index (χ1) is 14.9. The summed E-state index contributed by atoms with van der Waals surface area (Å²) in [4.78, 5) is 26.0. The Bertz CT molecular complexity index is 928. The van der Waals surface area contributed by atoms with Crippen LogP contribution in [0.4, 0.5) is 5.69 Å². The minimum atomic E-state index is -1.18. The third-order valence-electron chi connectivity index (χ3n) is 5.27. The maximum absolute atomic E-state index is 12.7. The zero-order chi connectivity index (χ0) is 22.4. The lowest BCUT2D eigenvalue weighted by atomic mass is 9.90. The van der Waals surface area contributed by atoms with Gasteiger partial charge in [-0.1, -0.05) is 0 Å². The molecule has 1 amide bonds. The lowest BCUT2D eigenvalue weighted by Gasteiger charge is -2.37. The number of nitrogens with zero attached hydrogens (tertiary/aromatic N) is 1. The fourth-order valence-corrected chi connectivity index (χ4v) is 3.85. The van der Waals surface area contributed by atoms with E-state index in [1.54, 1.807) is 37.4 Å². The first-order valence-corrected chi connectivity index (χ1v) is 10.2. The Labute approximate surface area is 181 Å². The van der Waals surface area contributed by atoms with E-state index in [0.29, 0.717) is 36.8 Å². The van der Waals surface area contributed by atoms with Gasteiger partial charge < -0.3 is 29.4 Å². The van der Waals surface area contributed by atoms with Crippen molar-refractivity contribution in [2.24, 2.45) is 0 Å².